The number of hydrogen-bond acceptors (Lipinski definition) is 5. The summed E-state index contributed by atoms with van der Waals surface area (Å²) in [5.74, 6) is 0.537. The van der Waals surface area contributed by atoms with Crippen LogP contribution in [-0.4, -0.2) is 34.3 Å². The number of nitrogens with zero attached hydrogens (tertiary/aromatic N) is 2. The lowest BCUT2D eigenvalue weighted by molar-refractivity contribution is 0.196. The first-order chi connectivity index (χ1) is 6.61. The van der Waals surface area contributed by atoms with Gasteiger partial charge in [-0.3, -0.25) is 0 Å². The van der Waals surface area contributed by atoms with Gasteiger partial charge in [-0.05, 0) is 19.9 Å². The Morgan fingerprint density at radius 2 is 2.00 bits per heavy atom. The molecule has 0 amide bonds. The standard InChI is InChI=1S/C9H16N4O/c1-6-3-7(2)13-9(12-6)11-5-8(14)4-10/h3,8,14H,4-5,10H2,1-2H3,(H,11,12,13). The largest absolute Gasteiger partial charge is 0.390 e. The molecule has 0 bridgehead atoms. The van der Waals surface area contributed by atoms with E-state index in [1.165, 1.54) is 0 Å². The van der Waals surface area contributed by atoms with E-state index in [0.29, 0.717) is 12.5 Å². The molecule has 1 heterocycles. The Labute approximate surface area is 83.4 Å². The van der Waals surface area contributed by atoms with E-state index in [4.69, 9.17) is 5.73 Å². The first-order valence-electron chi connectivity index (χ1n) is 4.56. The van der Waals surface area contributed by atoms with Gasteiger partial charge in [0.05, 0.1) is 6.10 Å². The molecule has 0 saturated carbocycles. The number of aliphatic hydroxyl groups is 1. The SMILES string of the molecule is Cc1cc(C)nc(NCC(O)CN)n1. The van der Waals surface area contributed by atoms with Crippen molar-refractivity contribution in [2.45, 2.75) is 20.0 Å². The summed E-state index contributed by atoms with van der Waals surface area (Å²) in [4.78, 5) is 8.33. The van der Waals surface area contributed by atoms with Crippen molar-refractivity contribution in [1.82, 2.24) is 9.97 Å². The average Bonchev–Trinajstić information content (AvgIpc) is 2.12. The molecule has 1 atom stereocenters. The first-order valence-corrected chi connectivity index (χ1v) is 4.56. The van der Waals surface area contributed by atoms with Gasteiger partial charge >= 0.3 is 0 Å². The van der Waals surface area contributed by atoms with Gasteiger partial charge in [-0.15, -0.1) is 0 Å². The quantitative estimate of drug-likeness (QED) is 0.622. The third-order valence-electron chi connectivity index (χ3n) is 1.75. The van der Waals surface area contributed by atoms with Gasteiger partial charge in [0.2, 0.25) is 5.95 Å². The van der Waals surface area contributed by atoms with Crippen LogP contribution in [0.5, 0.6) is 0 Å². The maximum atomic E-state index is 9.21. The third-order valence-corrected chi connectivity index (χ3v) is 1.75. The Kier molecular flexibility index (Phi) is 3.79. The molecule has 5 heteroatoms. The Hall–Kier alpha value is -1.20. The fourth-order valence-corrected chi connectivity index (χ4v) is 1.10. The summed E-state index contributed by atoms with van der Waals surface area (Å²) in [6, 6.07) is 1.89. The fourth-order valence-electron chi connectivity index (χ4n) is 1.10. The van der Waals surface area contributed by atoms with Gasteiger partial charge < -0.3 is 16.2 Å². The average molecular weight is 196 g/mol. The summed E-state index contributed by atoms with van der Waals surface area (Å²) in [6.45, 7) is 4.41. The molecule has 0 spiro atoms. The number of nitrogens with one attached hydrogen (secondary N) is 1. The fraction of sp³-hybridized carbons (Fsp3) is 0.556. The van der Waals surface area contributed by atoms with Crippen LogP contribution in [0.1, 0.15) is 11.4 Å². The number of hydrogen-bond donors (Lipinski definition) is 3. The van der Waals surface area contributed by atoms with Crippen LogP contribution in [0.3, 0.4) is 0 Å². The first kappa shape index (κ1) is 10.9. The molecule has 0 fully saturated rings. The molecule has 0 aliphatic rings. The zero-order valence-corrected chi connectivity index (χ0v) is 8.49. The van der Waals surface area contributed by atoms with Crippen LogP contribution < -0.4 is 11.1 Å². The summed E-state index contributed by atoms with van der Waals surface area (Å²) in [5, 5.41) is 12.1. The lowest BCUT2D eigenvalue weighted by Crippen LogP contribution is -2.28. The lowest BCUT2D eigenvalue weighted by atomic mass is 10.3. The van der Waals surface area contributed by atoms with Gasteiger partial charge in [0, 0.05) is 24.5 Å². The highest BCUT2D eigenvalue weighted by Crippen LogP contribution is 2.03. The number of anilines is 1. The van der Waals surface area contributed by atoms with Crippen molar-refractivity contribution in [3.63, 3.8) is 0 Å². The molecular weight excluding hydrogens is 180 g/mol. The second-order valence-corrected chi connectivity index (χ2v) is 3.24. The molecule has 0 aliphatic heterocycles. The molecule has 1 aromatic rings. The summed E-state index contributed by atoms with van der Waals surface area (Å²) >= 11 is 0. The van der Waals surface area contributed by atoms with Crippen LogP contribution in [0.15, 0.2) is 6.07 Å². The highest BCUT2D eigenvalue weighted by Gasteiger charge is 2.02. The molecule has 1 rings (SSSR count). The van der Waals surface area contributed by atoms with Crippen molar-refractivity contribution >= 4 is 5.95 Å². The van der Waals surface area contributed by atoms with Crippen molar-refractivity contribution in [3.8, 4) is 0 Å². The van der Waals surface area contributed by atoms with Gasteiger partial charge in [0.25, 0.3) is 0 Å². The van der Waals surface area contributed by atoms with Crippen molar-refractivity contribution in [3.05, 3.63) is 17.5 Å². The molecule has 0 aliphatic carbocycles. The Balaban J connectivity index is 2.58. The molecular formula is C9H16N4O. The molecule has 0 saturated heterocycles. The number of rotatable bonds is 4. The van der Waals surface area contributed by atoms with Gasteiger partial charge in [-0.1, -0.05) is 0 Å². The Bertz CT molecular complexity index is 283. The molecule has 0 radical (unpaired) electrons. The molecule has 1 aromatic heterocycles. The van der Waals surface area contributed by atoms with E-state index in [1.54, 1.807) is 0 Å². The Morgan fingerprint density at radius 1 is 1.43 bits per heavy atom. The Morgan fingerprint density at radius 3 is 2.50 bits per heavy atom. The van der Waals surface area contributed by atoms with Crippen molar-refractivity contribution in [1.29, 1.82) is 0 Å². The summed E-state index contributed by atoms with van der Waals surface area (Å²) in [5.41, 5.74) is 7.07. The summed E-state index contributed by atoms with van der Waals surface area (Å²) < 4.78 is 0. The maximum absolute atomic E-state index is 9.21. The number of aromatic nitrogens is 2. The minimum absolute atomic E-state index is 0.234. The lowest BCUT2D eigenvalue weighted by Gasteiger charge is -2.09. The van der Waals surface area contributed by atoms with E-state index in [9.17, 15) is 5.11 Å². The minimum atomic E-state index is -0.556. The molecule has 5 nitrogen and oxygen atoms in total. The van der Waals surface area contributed by atoms with E-state index in [2.05, 4.69) is 15.3 Å². The van der Waals surface area contributed by atoms with Gasteiger partial charge in [-0.2, -0.15) is 0 Å². The minimum Gasteiger partial charge on any atom is -0.390 e. The van der Waals surface area contributed by atoms with E-state index < -0.39 is 6.10 Å². The van der Waals surface area contributed by atoms with Crippen molar-refractivity contribution in [2.75, 3.05) is 18.4 Å². The summed E-state index contributed by atoms with van der Waals surface area (Å²) in [6.07, 6.45) is -0.556. The van der Waals surface area contributed by atoms with Gasteiger partial charge in [-0.25, -0.2) is 9.97 Å². The van der Waals surface area contributed by atoms with E-state index in [-0.39, 0.29) is 6.54 Å². The predicted octanol–water partition coefficient (Wildman–Crippen LogP) is -0.175. The smallest absolute Gasteiger partial charge is 0.223 e. The molecule has 78 valence electrons. The third kappa shape index (κ3) is 3.27. The monoisotopic (exact) mass is 196 g/mol. The second kappa shape index (κ2) is 4.88. The second-order valence-electron chi connectivity index (χ2n) is 3.24. The zero-order chi connectivity index (χ0) is 10.6. The predicted molar refractivity (Wildman–Crippen MR) is 55.1 cm³/mol. The van der Waals surface area contributed by atoms with E-state index >= 15 is 0 Å². The molecule has 14 heavy (non-hydrogen) atoms. The highest BCUT2D eigenvalue weighted by atomic mass is 16.3. The van der Waals surface area contributed by atoms with Gasteiger partial charge in [0.1, 0.15) is 0 Å². The van der Waals surface area contributed by atoms with Crippen molar-refractivity contribution < 1.29 is 5.11 Å². The van der Waals surface area contributed by atoms with Crippen LogP contribution in [-0.2, 0) is 0 Å². The number of nitrogens with two attached hydrogens (primary N) is 1. The number of aliphatic hydroxyl groups excluding tert-OH is 1. The van der Waals surface area contributed by atoms with Gasteiger partial charge in [0.15, 0.2) is 0 Å². The van der Waals surface area contributed by atoms with Crippen molar-refractivity contribution in [2.24, 2.45) is 5.73 Å². The normalized spacial score (nSPS) is 12.6. The van der Waals surface area contributed by atoms with Crippen LogP contribution >= 0.6 is 0 Å². The summed E-state index contributed by atoms with van der Waals surface area (Å²) in [7, 11) is 0. The molecule has 0 aromatic carbocycles. The number of aryl methyl sites for hydroxylation is 2. The maximum Gasteiger partial charge on any atom is 0.223 e. The van der Waals surface area contributed by atoms with Crippen LogP contribution in [0.2, 0.25) is 0 Å². The van der Waals surface area contributed by atoms with Crippen LogP contribution in [0.25, 0.3) is 0 Å². The van der Waals surface area contributed by atoms with Crippen LogP contribution in [0, 0.1) is 13.8 Å². The zero-order valence-electron chi connectivity index (χ0n) is 8.49. The topological polar surface area (TPSA) is 84.1 Å². The van der Waals surface area contributed by atoms with E-state index in [1.807, 2.05) is 19.9 Å². The molecule has 1 unspecified atom stereocenters. The van der Waals surface area contributed by atoms with Crippen LogP contribution in [0.4, 0.5) is 5.95 Å². The molecule has 4 N–H and O–H groups in total. The van der Waals surface area contributed by atoms with E-state index in [0.717, 1.165) is 11.4 Å². The highest BCUT2D eigenvalue weighted by molar-refractivity contribution is 5.27.